The van der Waals surface area contributed by atoms with Gasteiger partial charge in [0.05, 0.1) is 5.56 Å². The molecular formula is C21H16ClF2N3O2S. The van der Waals surface area contributed by atoms with Gasteiger partial charge in [0.25, 0.3) is 5.56 Å². The monoisotopic (exact) mass is 447 g/mol. The SMILES string of the molecule is Cn1c(SCc2cccc(Cl)c2)nc(=O)c2c1NC(=O)CC2c1cc(F)ccc1F. The summed E-state index contributed by atoms with van der Waals surface area (Å²) in [5.74, 6) is -1.87. The van der Waals surface area contributed by atoms with Crippen molar-refractivity contribution in [1.82, 2.24) is 9.55 Å². The summed E-state index contributed by atoms with van der Waals surface area (Å²) in [6.45, 7) is 0. The van der Waals surface area contributed by atoms with Crippen LogP contribution in [0.1, 0.15) is 29.0 Å². The third kappa shape index (κ3) is 3.97. The number of thioether (sulfide) groups is 1. The Bertz CT molecular complexity index is 1220. The van der Waals surface area contributed by atoms with Crippen LogP contribution in [0.5, 0.6) is 0 Å². The number of aromatic nitrogens is 2. The van der Waals surface area contributed by atoms with Crippen molar-refractivity contribution in [3.63, 3.8) is 0 Å². The van der Waals surface area contributed by atoms with E-state index in [9.17, 15) is 18.4 Å². The number of anilines is 1. The van der Waals surface area contributed by atoms with E-state index in [0.29, 0.717) is 15.9 Å². The lowest BCUT2D eigenvalue weighted by molar-refractivity contribution is -0.116. The first-order valence-corrected chi connectivity index (χ1v) is 10.4. The normalized spacial score (nSPS) is 15.6. The lowest BCUT2D eigenvalue weighted by atomic mass is 9.86. The third-order valence-electron chi connectivity index (χ3n) is 4.89. The van der Waals surface area contributed by atoms with Crippen LogP contribution in [0, 0.1) is 11.6 Å². The molecule has 0 saturated heterocycles. The first-order valence-electron chi connectivity index (χ1n) is 9.06. The number of nitrogens with zero attached hydrogens (tertiary/aromatic N) is 2. The highest BCUT2D eigenvalue weighted by atomic mass is 35.5. The fourth-order valence-corrected chi connectivity index (χ4v) is 4.61. The van der Waals surface area contributed by atoms with Gasteiger partial charge in [-0.25, -0.2) is 8.78 Å². The van der Waals surface area contributed by atoms with Crippen molar-refractivity contribution in [3.05, 3.63) is 86.2 Å². The predicted octanol–water partition coefficient (Wildman–Crippen LogP) is 4.48. The van der Waals surface area contributed by atoms with Crippen LogP contribution < -0.4 is 10.9 Å². The first kappa shape index (κ1) is 20.6. The Morgan fingerprint density at radius 3 is 2.80 bits per heavy atom. The van der Waals surface area contributed by atoms with E-state index in [1.54, 1.807) is 17.7 Å². The molecule has 0 radical (unpaired) electrons. The number of rotatable bonds is 4. The van der Waals surface area contributed by atoms with Gasteiger partial charge in [0.1, 0.15) is 17.5 Å². The van der Waals surface area contributed by atoms with Crippen molar-refractivity contribution < 1.29 is 13.6 Å². The molecule has 2 heterocycles. The molecule has 4 rings (SSSR count). The average Bonchev–Trinajstić information content (AvgIpc) is 2.71. The van der Waals surface area contributed by atoms with Crippen LogP contribution >= 0.6 is 23.4 Å². The number of benzene rings is 2. The number of hydrogen-bond donors (Lipinski definition) is 1. The minimum Gasteiger partial charge on any atom is -0.312 e. The van der Waals surface area contributed by atoms with E-state index >= 15 is 0 Å². The molecule has 30 heavy (non-hydrogen) atoms. The van der Waals surface area contributed by atoms with Crippen molar-refractivity contribution >= 4 is 35.1 Å². The van der Waals surface area contributed by atoms with Gasteiger partial charge in [0.2, 0.25) is 5.91 Å². The van der Waals surface area contributed by atoms with Crippen LogP contribution in [0.15, 0.2) is 52.4 Å². The van der Waals surface area contributed by atoms with Crippen LogP contribution in [0.3, 0.4) is 0 Å². The van der Waals surface area contributed by atoms with Gasteiger partial charge in [-0.15, -0.1) is 0 Å². The molecule has 1 aliphatic heterocycles. The van der Waals surface area contributed by atoms with Crippen molar-refractivity contribution in [2.45, 2.75) is 23.2 Å². The molecule has 2 aromatic carbocycles. The first-order chi connectivity index (χ1) is 14.3. The minimum absolute atomic E-state index is 0.0377. The Balaban J connectivity index is 1.75. The van der Waals surface area contributed by atoms with Crippen LogP contribution in [-0.2, 0) is 17.6 Å². The minimum atomic E-state index is -0.914. The average molecular weight is 448 g/mol. The molecule has 1 aromatic heterocycles. The molecule has 3 aromatic rings. The number of amides is 1. The fraction of sp³-hybridized carbons (Fsp3) is 0.190. The molecule has 1 amide bonds. The summed E-state index contributed by atoms with van der Waals surface area (Å²) < 4.78 is 29.7. The number of fused-ring (bicyclic) bond motifs is 1. The Labute approximate surface area is 180 Å². The van der Waals surface area contributed by atoms with E-state index in [1.165, 1.54) is 11.8 Å². The highest BCUT2D eigenvalue weighted by molar-refractivity contribution is 7.98. The number of nitrogens with one attached hydrogen (secondary N) is 1. The van der Waals surface area contributed by atoms with E-state index in [0.717, 1.165) is 23.8 Å². The van der Waals surface area contributed by atoms with Crippen molar-refractivity contribution in [2.24, 2.45) is 7.05 Å². The van der Waals surface area contributed by atoms with Crippen molar-refractivity contribution in [2.75, 3.05) is 5.32 Å². The van der Waals surface area contributed by atoms with Crippen LogP contribution in [-0.4, -0.2) is 15.5 Å². The second-order valence-electron chi connectivity index (χ2n) is 6.91. The molecule has 1 atom stereocenters. The maximum Gasteiger partial charge on any atom is 0.279 e. The molecule has 0 aliphatic carbocycles. The second kappa shape index (κ2) is 8.20. The molecule has 9 heteroatoms. The Morgan fingerprint density at radius 2 is 2.03 bits per heavy atom. The van der Waals surface area contributed by atoms with E-state index in [-0.39, 0.29) is 29.3 Å². The molecular weight excluding hydrogens is 432 g/mol. The molecule has 0 spiro atoms. The maximum absolute atomic E-state index is 14.4. The van der Waals surface area contributed by atoms with E-state index in [2.05, 4.69) is 10.3 Å². The maximum atomic E-state index is 14.4. The zero-order valence-corrected chi connectivity index (χ0v) is 17.4. The Hall–Kier alpha value is -2.71. The van der Waals surface area contributed by atoms with Gasteiger partial charge in [-0.1, -0.05) is 35.5 Å². The largest absolute Gasteiger partial charge is 0.312 e. The number of hydrogen-bond acceptors (Lipinski definition) is 4. The van der Waals surface area contributed by atoms with Gasteiger partial charge in [-0.2, -0.15) is 4.98 Å². The summed E-state index contributed by atoms with van der Waals surface area (Å²) >= 11 is 7.31. The lowest BCUT2D eigenvalue weighted by Crippen LogP contribution is -2.33. The molecule has 0 saturated carbocycles. The van der Waals surface area contributed by atoms with E-state index in [1.807, 2.05) is 18.2 Å². The molecule has 0 bridgehead atoms. The van der Waals surface area contributed by atoms with Crippen LogP contribution in [0.4, 0.5) is 14.6 Å². The standard InChI is InChI=1S/C21H16ClF2N3O2S/c1-27-19-18(15(9-17(28)25-19)14-8-13(23)5-6-16(14)24)20(29)26-21(27)30-10-11-3-2-4-12(22)7-11/h2-8,15H,9-10H2,1H3,(H,25,28). The molecule has 1 N–H and O–H groups in total. The fourth-order valence-electron chi connectivity index (χ4n) is 3.49. The molecule has 0 fully saturated rings. The van der Waals surface area contributed by atoms with Crippen molar-refractivity contribution in [1.29, 1.82) is 0 Å². The Kier molecular flexibility index (Phi) is 5.62. The van der Waals surface area contributed by atoms with Crippen molar-refractivity contribution in [3.8, 4) is 0 Å². The van der Waals surface area contributed by atoms with Gasteiger partial charge in [0.15, 0.2) is 5.16 Å². The van der Waals surface area contributed by atoms with Gasteiger partial charge in [-0.05, 0) is 41.5 Å². The van der Waals surface area contributed by atoms with Gasteiger partial charge in [0, 0.05) is 30.2 Å². The summed E-state index contributed by atoms with van der Waals surface area (Å²) in [6.07, 6.45) is -0.167. The summed E-state index contributed by atoms with van der Waals surface area (Å²) in [6, 6.07) is 10.3. The number of halogens is 3. The quantitative estimate of drug-likeness (QED) is 0.473. The third-order valence-corrected chi connectivity index (χ3v) is 6.23. The zero-order chi connectivity index (χ0) is 21.4. The van der Waals surface area contributed by atoms with Crippen LogP contribution in [0.2, 0.25) is 5.02 Å². The molecule has 154 valence electrons. The predicted molar refractivity (Wildman–Crippen MR) is 112 cm³/mol. The molecule has 5 nitrogen and oxygen atoms in total. The Morgan fingerprint density at radius 1 is 1.23 bits per heavy atom. The summed E-state index contributed by atoms with van der Waals surface area (Å²) in [4.78, 5) is 29.3. The topological polar surface area (TPSA) is 64.0 Å². The smallest absolute Gasteiger partial charge is 0.279 e. The van der Waals surface area contributed by atoms with Crippen LogP contribution in [0.25, 0.3) is 0 Å². The lowest BCUT2D eigenvalue weighted by Gasteiger charge is -2.27. The highest BCUT2D eigenvalue weighted by Crippen LogP contribution is 2.37. The van der Waals surface area contributed by atoms with E-state index in [4.69, 9.17) is 11.6 Å². The summed E-state index contributed by atoms with van der Waals surface area (Å²) in [7, 11) is 1.66. The van der Waals surface area contributed by atoms with Gasteiger partial charge in [-0.3, -0.25) is 9.59 Å². The van der Waals surface area contributed by atoms with Gasteiger partial charge < -0.3 is 9.88 Å². The zero-order valence-electron chi connectivity index (χ0n) is 15.8. The van der Waals surface area contributed by atoms with Gasteiger partial charge >= 0.3 is 0 Å². The summed E-state index contributed by atoms with van der Waals surface area (Å²) in [5, 5.41) is 3.68. The summed E-state index contributed by atoms with van der Waals surface area (Å²) in [5.41, 5.74) is 0.478. The second-order valence-corrected chi connectivity index (χ2v) is 8.29. The van der Waals surface area contributed by atoms with E-state index < -0.39 is 23.1 Å². The molecule has 1 unspecified atom stereocenters. The highest BCUT2D eigenvalue weighted by Gasteiger charge is 2.33. The number of carbonyl (C=O) groups excluding carboxylic acids is 1. The molecule has 1 aliphatic rings. The number of carbonyl (C=O) groups is 1.